The molecule has 4 nitrogen and oxygen atoms in total. The van der Waals surface area contributed by atoms with E-state index in [1.54, 1.807) is 36.4 Å². The summed E-state index contributed by atoms with van der Waals surface area (Å²) in [4.78, 5) is 28.4. The summed E-state index contributed by atoms with van der Waals surface area (Å²) in [5.74, 6) is -0.828. The Balaban J connectivity index is 1.80. The van der Waals surface area contributed by atoms with Crippen LogP contribution in [0.1, 0.15) is 44.4 Å². The molecule has 1 amide bonds. The number of benzene rings is 3. The predicted octanol–water partition coefficient (Wildman–Crippen LogP) is 6.94. The highest BCUT2D eigenvalue weighted by atomic mass is 79.9. The van der Waals surface area contributed by atoms with E-state index in [9.17, 15) is 22.8 Å². The lowest BCUT2D eigenvalue weighted by Gasteiger charge is -2.26. The average Bonchev–Trinajstić information content (AvgIpc) is 3.08. The molecule has 1 aromatic heterocycles. The fourth-order valence-corrected chi connectivity index (χ4v) is 4.55. The zero-order chi connectivity index (χ0) is 24.4. The number of nitrogens with zero attached hydrogens (tertiary/aromatic N) is 1. The van der Waals surface area contributed by atoms with Crippen LogP contribution < -0.4 is 10.3 Å². The molecular weight excluding hydrogens is 511 g/mol. The smallest absolute Gasteiger partial charge is 0.416 e. The molecule has 1 aliphatic heterocycles. The van der Waals surface area contributed by atoms with Gasteiger partial charge in [0, 0.05) is 10.2 Å². The molecule has 0 spiro atoms. The van der Waals surface area contributed by atoms with Gasteiger partial charge < -0.3 is 4.42 Å². The minimum Gasteiger partial charge on any atom is -0.450 e. The van der Waals surface area contributed by atoms with Crippen molar-refractivity contribution in [1.29, 1.82) is 0 Å². The van der Waals surface area contributed by atoms with Crippen molar-refractivity contribution in [1.82, 2.24) is 0 Å². The Morgan fingerprint density at radius 3 is 2.29 bits per heavy atom. The van der Waals surface area contributed by atoms with Crippen LogP contribution in [0.4, 0.5) is 18.9 Å². The lowest BCUT2D eigenvalue weighted by atomic mass is 9.97. The number of carbonyl (C=O) groups excluding carboxylic acids is 1. The van der Waals surface area contributed by atoms with Gasteiger partial charge in [0.15, 0.2) is 5.43 Å². The molecule has 1 atom stereocenters. The molecule has 8 heteroatoms. The molecule has 1 aliphatic rings. The first-order chi connectivity index (χ1) is 16.1. The van der Waals surface area contributed by atoms with Crippen LogP contribution in [0.15, 0.2) is 74.3 Å². The van der Waals surface area contributed by atoms with Gasteiger partial charge in [-0.05, 0) is 73.0 Å². The van der Waals surface area contributed by atoms with Crippen molar-refractivity contribution >= 4 is 38.5 Å². The molecular formula is C26H17BrF3NO3. The van der Waals surface area contributed by atoms with Crippen molar-refractivity contribution in [2.45, 2.75) is 26.1 Å². The van der Waals surface area contributed by atoms with E-state index in [-0.39, 0.29) is 28.0 Å². The van der Waals surface area contributed by atoms with Gasteiger partial charge in [0.05, 0.1) is 22.6 Å². The zero-order valence-corrected chi connectivity index (χ0v) is 19.6. The Kier molecular flexibility index (Phi) is 5.16. The van der Waals surface area contributed by atoms with Crippen molar-refractivity contribution in [3.8, 4) is 0 Å². The summed E-state index contributed by atoms with van der Waals surface area (Å²) in [6.07, 6.45) is -4.59. The van der Waals surface area contributed by atoms with E-state index in [0.29, 0.717) is 10.9 Å². The number of anilines is 1. The highest BCUT2D eigenvalue weighted by Gasteiger charge is 2.44. The number of hydrogen-bond donors (Lipinski definition) is 0. The maximum absolute atomic E-state index is 13.7. The molecule has 0 N–H and O–H groups in total. The van der Waals surface area contributed by atoms with Gasteiger partial charge in [-0.3, -0.25) is 14.5 Å². The van der Waals surface area contributed by atoms with E-state index >= 15 is 0 Å². The summed E-state index contributed by atoms with van der Waals surface area (Å²) in [6.45, 7) is 3.73. The number of hydrogen-bond acceptors (Lipinski definition) is 3. The number of carbonyl (C=O) groups is 1. The van der Waals surface area contributed by atoms with Gasteiger partial charge >= 0.3 is 6.18 Å². The Hall–Kier alpha value is -3.39. The van der Waals surface area contributed by atoms with Gasteiger partial charge in [-0.2, -0.15) is 13.2 Å². The maximum Gasteiger partial charge on any atom is 0.416 e. The molecule has 4 aromatic rings. The predicted molar refractivity (Wildman–Crippen MR) is 126 cm³/mol. The van der Waals surface area contributed by atoms with Crippen LogP contribution in [0.2, 0.25) is 0 Å². The molecule has 172 valence electrons. The van der Waals surface area contributed by atoms with E-state index in [4.69, 9.17) is 4.42 Å². The fourth-order valence-electron chi connectivity index (χ4n) is 4.29. The number of alkyl halides is 3. The van der Waals surface area contributed by atoms with Crippen LogP contribution >= 0.6 is 15.9 Å². The minimum atomic E-state index is -4.59. The highest BCUT2D eigenvalue weighted by Crippen LogP contribution is 2.43. The lowest BCUT2D eigenvalue weighted by molar-refractivity contribution is -0.137. The summed E-state index contributed by atoms with van der Waals surface area (Å²) in [5.41, 5.74) is 1.48. The number of aryl methyl sites for hydroxylation is 2. The lowest BCUT2D eigenvalue weighted by Crippen LogP contribution is -2.29. The second-order valence-corrected chi connectivity index (χ2v) is 9.20. The molecule has 2 heterocycles. The average molecular weight is 528 g/mol. The third-order valence-corrected chi connectivity index (χ3v) is 6.65. The fraction of sp³-hybridized carbons (Fsp3) is 0.154. The van der Waals surface area contributed by atoms with Gasteiger partial charge in [0.2, 0.25) is 5.76 Å². The standard InChI is InChI=1S/C26H17BrF3NO3/c1-13-10-19-20(11-14(13)2)34-24-21(23(19)32)22(15-6-8-17(27)9-7-15)31(25(24)33)18-5-3-4-16(12-18)26(28,29)30/h3-12,22H,1-2H3. The van der Waals surface area contributed by atoms with Gasteiger partial charge in [-0.15, -0.1) is 0 Å². The summed E-state index contributed by atoms with van der Waals surface area (Å²) in [5, 5.41) is 0.322. The van der Waals surface area contributed by atoms with Gasteiger partial charge in [0.1, 0.15) is 5.58 Å². The summed E-state index contributed by atoms with van der Waals surface area (Å²) in [6, 6.07) is 13.9. The van der Waals surface area contributed by atoms with E-state index in [0.717, 1.165) is 27.7 Å². The first-order valence-electron chi connectivity index (χ1n) is 10.4. The van der Waals surface area contributed by atoms with Crippen LogP contribution in [0.3, 0.4) is 0 Å². The molecule has 3 aromatic carbocycles. The van der Waals surface area contributed by atoms with Crippen molar-refractivity contribution in [3.05, 3.63) is 109 Å². The molecule has 0 fully saturated rings. The van der Waals surface area contributed by atoms with Crippen molar-refractivity contribution in [2.75, 3.05) is 4.90 Å². The van der Waals surface area contributed by atoms with Crippen LogP contribution in [0.25, 0.3) is 11.0 Å². The quantitative estimate of drug-likeness (QED) is 0.283. The molecule has 0 saturated carbocycles. The largest absolute Gasteiger partial charge is 0.450 e. The Morgan fingerprint density at radius 1 is 0.941 bits per heavy atom. The van der Waals surface area contributed by atoms with Crippen LogP contribution in [-0.2, 0) is 6.18 Å². The SMILES string of the molecule is Cc1cc2oc3c(c(=O)c2cc1C)C(c1ccc(Br)cc1)N(c1cccc(C(F)(F)F)c1)C3=O. The minimum absolute atomic E-state index is 0.0231. The van der Waals surface area contributed by atoms with Crippen molar-refractivity contribution in [3.63, 3.8) is 0 Å². The molecule has 0 bridgehead atoms. The molecule has 0 aliphatic carbocycles. The van der Waals surface area contributed by atoms with Crippen molar-refractivity contribution < 1.29 is 22.4 Å². The molecule has 1 unspecified atom stereocenters. The number of rotatable bonds is 2. The van der Waals surface area contributed by atoms with Gasteiger partial charge in [0.25, 0.3) is 5.91 Å². The van der Waals surface area contributed by atoms with E-state index in [1.165, 1.54) is 17.0 Å². The van der Waals surface area contributed by atoms with E-state index in [1.807, 2.05) is 13.8 Å². The zero-order valence-electron chi connectivity index (χ0n) is 18.0. The van der Waals surface area contributed by atoms with Crippen LogP contribution in [0, 0.1) is 13.8 Å². The molecule has 0 radical (unpaired) electrons. The first-order valence-corrected chi connectivity index (χ1v) is 11.2. The Labute approximate surface area is 200 Å². The number of amides is 1. The normalized spacial score (nSPS) is 15.8. The van der Waals surface area contributed by atoms with Gasteiger partial charge in [-0.1, -0.05) is 34.1 Å². The van der Waals surface area contributed by atoms with Gasteiger partial charge in [-0.25, -0.2) is 0 Å². The van der Waals surface area contributed by atoms with E-state index < -0.39 is 23.7 Å². The second kappa shape index (κ2) is 7.84. The molecule has 5 rings (SSSR count). The van der Waals surface area contributed by atoms with Crippen LogP contribution in [-0.4, -0.2) is 5.91 Å². The number of fused-ring (bicyclic) bond motifs is 2. The third-order valence-electron chi connectivity index (χ3n) is 6.12. The highest BCUT2D eigenvalue weighted by molar-refractivity contribution is 9.10. The molecule has 0 saturated heterocycles. The van der Waals surface area contributed by atoms with Crippen LogP contribution in [0.5, 0.6) is 0 Å². The summed E-state index contributed by atoms with van der Waals surface area (Å²) < 4.78 is 47.0. The summed E-state index contributed by atoms with van der Waals surface area (Å²) >= 11 is 3.36. The van der Waals surface area contributed by atoms with Crippen molar-refractivity contribution in [2.24, 2.45) is 0 Å². The Bertz CT molecular complexity index is 1520. The maximum atomic E-state index is 13.7. The second-order valence-electron chi connectivity index (χ2n) is 8.28. The molecule has 34 heavy (non-hydrogen) atoms. The number of halogens is 4. The Morgan fingerprint density at radius 2 is 1.62 bits per heavy atom. The third kappa shape index (κ3) is 3.53. The summed E-state index contributed by atoms with van der Waals surface area (Å²) in [7, 11) is 0. The van der Waals surface area contributed by atoms with E-state index in [2.05, 4.69) is 15.9 Å². The topological polar surface area (TPSA) is 50.5 Å². The monoisotopic (exact) mass is 527 g/mol. The first kappa shape index (κ1) is 22.4.